The van der Waals surface area contributed by atoms with Gasteiger partial charge >= 0.3 is 0 Å². The number of hydrogen-bond acceptors (Lipinski definition) is 2. The SMILES string of the molecule is O=C(Cn1c(-c2cccs2)cc2cc(Cl)ccc21)NCc1ccccc1F. The van der Waals surface area contributed by atoms with Gasteiger partial charge in [0.25, 0.3) is 0 Å². The van der Waals surface area contributed by atoms with Gasteiger partial charge in [-0.2, -0.15) is 0 Å². The second-order valence-corrected chi connectivity index (χ2v) is 7.55. The first-order chi connectivity index (χ1) is 13.1. The van der Waals surface area contributed by atoms with Crippen LogP contribution in [0.15, 0.2) is 66.0 Å². The van der Waals surface area contributed by atoms with Crippen LogP contribution in [-0.2, 0) is 17.9 Å². The maximum atomic E-state index is 13.7. The Bertz CT molecular complexity index is 1100. The third-order valence-electron chi connectivity index (χ3n) is 4.37. The largest absolute Gasteiger partial charge is 0.350 e. The zero-order valence-corrected chi connectivity index (χ0v) is 15.9. The lowest BCUT2D eigenvalue weighted by Gasteiger charge is -2.11. The van der Waals surface area contributed by atoms with Crippen LogP contribution in [0.1, 0.15) is 5.56 Å². The molecule has 2 heterocycles. The molecule has 0 aliphatic heterocycles. The molecule has 6 heteroatoms. The van der Waals surface area contributed by atoms with Crippen molar-refractivity contribution in [3.8, 4) is 10.6 Å². The maximum absolute atomic E-state index is 13.7. The lowest BCUT2D eigenvalue weighted by molar-refractivity contribution is -0.121. The minimum atomic E-state index is -0.321. The van der Waals surface area contributed by atoms with Crippen molar-refractivity contribution in [2.75, 3.05) is 0 Å². The van der Waals surface area contributed by atoms with Crippen LogP contribution in [0.4, 0.5) is 4.39 Å². The van der Waals surface area contributed by atoms with Gasteiger partial charge < -0.3 is 9.88 Å². The quantitative estimate of drug-likeness (QED) is 0.474. The van der Waals surface area contributed by atoms with Crippen LogP contribution in [0.25, 0.3) is 21.5 Å². The minimum Gasteiger partial charge on any atom is -0.350 e. The van der Waals surface area contributed by atoms with Gasteiger partial charge in [0, 0.05) is 28.0 Å². The molecular formula is C21H16ClFN2OS. The van der Waals surface area contributed by atoms with Gasteiger partial charge in [-0.25, -0.2) is 4.39 Å². The smallest absolute Gasteiger partial charge is 0.240 e. The van der Waals surface area contributed by atoms with Crippen molar-refractivity contribution in [3.05, 3.63) is 82.4 Å². The molecule has 2 aromatic carbocycles. The Morgan fingerprint density at radius 1 is 1.11 bits per heavy atom. The highest BCUT2D eigenvalue weighted by Gasteiger charge is 2.15. The van der Waals surface area contributed by atoms with E-state index in [4.69, 9.17) is 11.6 Å². The molecule has 0 aliphatic carbocycles. The molecule has 0 fully saturated rings. The number of aromatic nitrogens is 1. The molecule has 0 atom stereocenters. The fourth-order valence-electron chi connectivity index (χ4n) is 3.08. The Morgan fingerprint density at radius 2 is 1.96 bits per heavy atom. The van der Waals surface area contributed by atoms with Gasteiger partial charge in [-0.3, -0.25) is 4.79 Å². The Hall–Kier alpha value is -2.63. The Labute approximate surface area is 165 Å². The summed E-state index contributed by atoms with van der Waals surface area (Å²) in [7, 11) is 0. The fourth-order valence-corrected chi connectivity index (χ4v) is 4.01. The van der Waals surface area contributed by atoms with E-state index < -0.39 is 0 Å². The van der Waals surface area contributed by atoms with Gasteiger partial charge in [-0.1, -0.05) is 35.9 Å². The highest BCUT2D eigenvalue weighted by Crippen LogP contribution is 2.32. The van der Waals surface area contributed by atoms with E-state index in [1.807, 2.05) is 46.3 Å². The summed E-state index contributed by atoms with van der Waals surface area (Å²) >= 11 is 7.74. The normalized spacial score (nSPS) is 11.0. The standard InChI is InChI=1S/C21H16ClFN2OS/c22-16-7-8-18-15(10-16)11-19(20-6-3-9-27-20)25(18)13-21(26)24-12-14-4-1-2-5-17(14)23/h1-11H,12-13H2,(H,24,26). The lowest BCUT2D eigenvalue weighted by Crippen LogP contribution is -2.27. The zero-order valence-electron chi connectivity index (χ0n) is 14.3. The molecule has 0 aliphatic rings. The van der Waals surface area contributed by atoms with Crippen molar-refractivity contribution in [1.29, 1.82) is 0 Å². The number of benzene rings is 2. The van der Waals surface area contributed by atoms with Crippen LogP contribution in [0, 0.1) is 5.82 Å². The Morgan fingerprint density at radius 3 is 2.74 bits per heavy atom. The number of nitrogens with zero attached hydrogens (tertiary/aromatic N) is 1. The number of halogens is 2. The van der Waals surface area contributed by atoms with E-state index in [2.05, 4.69) is 5.32 Å². The summed E-state index contributed by atoms with van der Waals surface area (Å²) in [6.07, 6.45) is 0. The number of hydrogen-bond donors (Lipinski definition) is 1. The van der Waals surface area contributed by atoms with E-state index in [0.29, 0.717) is 10.6 Å². The molecule has 0 bridgehead atoms. The highest BCUT2D eigenvalue weighted by atomic mass is 35.5. The van der Waals surface area contributed by atoms with Crippen molar-refractivity contribution < 1.29 is 9.18 Å². The second-order valence-electron chi connectivity index (χ2n) is 6.16. The van der Waals surface area contributed by atoms with Gasteiger partial charge in [0.05, 0.1) is 10.6 Å². The van der Waals surface area contributed by atoms with E-state index in [1.165, 1.54) is 6.07 Å². The van der Waals surface area contributed by atoms with E-state index in [1.54, 1.807) is 29.5 Å². The average molecular weight is 399 g/mol. The zero-order chi connectivity index (χ0) is 18.8. The van der Waals surface area contributed by atoms with Gasteiger partial charge in [-0.15, -0.1) is 11.3 Å². The highest BCUT2D eigenvalue weighted by molar-refractivity contribution is 7.13. The molecule has 27 heavy (non-hydrogen) atoms. The summed E-state index contributed by atoms with van der Waals surface area (Å²) in [4.78, 5) is 13.6. The number of nitrogens with one attached hydrogen (secondary N) is 1. The lowest BCUT2D eigenvalue weighted by atomic mass is 10.2. The first-order valence-corrected chi connectivity index (χ1v) is 9.70. The molecule has 136 valence electrons. The molecule has 0 saturated carbocycles. The van der Waals surface area contributed by atoms with Crippen LogP contribution >= 0.6 is 22.9 Å². The van der Waals surface area contributed by atoms with Crippen LogP contribution in [0.3, 0.4) is 0 Å². The average Bonchev–Trinajstić information content (AvgIpc) is 3.29. The van der Waals surface area contributed by atoms with Crippen LogP contribution < -0.4 is 5.32 Å². The predicted octanol–water partition coefficient (Wildman–Crippen LogP) is 5.48. The molecule has 0 radical (unpaired) electrons. The van der Waals surface area contributed by atoms with Gasteiger partial charge in [0.2, 0.25) is 5.91 Å². The number of amides is 1. The summed E-state index contributed by atoms with van der Waals surface area (Å²) in [6, 6.07) is 18.1. The summed E-state index contributed by atoms with van der Waals surface area (Å²) in [5.74, 6) is -0.498. The molecule has 1 amide bonds. The van der Waals surface area contributed by atoms with Crippen LogP contribution in [-0.4, -0.2) is 10.5 Å². The fraction of sp³-hybridized carbons (Fsp3) is 0.0952. The first kappa shape index (κ1) is 17.8. The summed E-state index contributed by atoms with van der Waals surface area (Å²) in [5.41, 5.74) is 2.36. The number of rotatable bonds is 5. The van der Waals surface area contributed by atoms with Crippen LogP contribution in [0.5, 0.6) is 0 Å². The first-order valence-electron chi connectivity index (χ1n) is 8.44. The van der Waals surface area contributed by atoms with Crippen molar-refractivity contribution in [1.82, 2.24) is 9.88 Å². The molecule has 3 nitrogen and oxygen atoms in total. The summed E-state index contributed by atoms with van der Waals surface area (Å²) < 4.78 is 15.7. The predicted molar refractivity (Wildman–Crippen MR) is 109 cm³/mol. The molecule has 2 aromatic heterocycles. The molecule has 1 N–H and O–H groups in total. The number of thiophene rings is 1. The Balaban J connectivity index is 1.61. The molecule has 0 saturated heterocycles. The topological polar surface area (TPSA) is 34.0 Å². The molecule has 0 spiro atoms. The van der Waals surface area contributed by atoms with Crippen molar-refractivity contribution >= 4 is 39.7 Å². The van der Waals surface area contributed by atoms with Crippen LogP contribution in [0.2, 0.25) is 5.02 Å². The summed E-state index contributed by atoms with van der Waals surface area (Å²) in [6.45, 7) is 0.303. The molecule has 4 rings (SSSR count). The number of carbonyl (C=O) groups is 1. The molecule has 0 unspecified atom stereocenters. The third kappa shape index (κ3) is 3.75. The Kier molecular flexibility index (Phi) is 4.97. The van der Waals surface area contributed by atoms with Crippen molar-refractivity contribution in [2.45, 2.75) is 13.1 Å². The summed E-state index contributed by atoms with van der Waals surface area (Å²) in [5, 5.41) is 6.44. The molecular weight excluding hydrogens is 383 g/mol. The van der Waals surface area contributed by atoms with E-state index in [-0.39, 0.29) is 24.8 Å². The van der Waals surface area contributed by atoms with Gasteiger partial charge in [0.15, 0.2) is 0 Å². The van der Waals surface area contributed by atoms with E-state index in [0.717, 1.165) is 21.5 Å². The monoisotopic (exact) mass is 398 g/mol. The van der Waals surface area contributed by atoms with Gasteiger partial charge in [0.1, 0.15) is 12.4 Å². The number of carbonyl (C=O) groups excluding carboxylic acids is 1. The van der Waals surface area contributed by atoms with E-state index >= 15 is 0 Å². The maximum Gasteiger partial charge on any atom is 0.240 e. The number of fused-ring (bicyclic) bond motifs is 1. The van der Waals surface area contributed by atoms with Gasteiger partial charge in [-0.05, 0) is 41.8 Å². The molecule has 4 aromatic rings. The third-order valence-corrected chi connectivity index (χ3v) is 5.50. The van der Waals surface area contributed by atoms with E-state index in [9.17, 15) is 9.18 Å². The van der Waals surface area contributed by atoms with Crippen molar-refractivity contribution in [3.63, 3.8) is 0 Å². The minimum absolute atomic E-state index is 0.146. The van der Waals surface area contributed by atoms with Crippen molar-refractivity contribution in [2.24, 2.45) is 0 Å². The second kappa shape index (κ2) is 7.55.